The van der Waals surface area contributed by atoms with Crippen LogP contribution >= 0.6 is 0 Å². The Morgan fingerprint density at radius 1 is 1.18 bits per heavy atom. The van der Waals surface area contributed by atoms with Gasteiger partial charge in [0.1, 0.15) is 0 Å². The van der Waals surface area contributed by atoms with Crippen LogP contribution in [0.15, 0.2) is 29.2 Å². The van der Waals surface area contributed by atoms with Gasteiger partial charge in [-0.25, -0.2) is 18.2 Å². The lowest BCUT2D eigenvalue weighted by Crippen LogP contribution is -2.26. The lowest BCUT2D eigenvalue weighted by Gasteiger charge is -2.07. The van der Waals surface area contributed by atoms with Crippen LogP contribution in [0, 0.1) is 13.8 Å². The Labute approximate surface area is 163 Å². The first-order valence-corrected chi connectivity index (χ1v) is 10.2. The van der Waals surface area contributed by atoms with Crippen molar-refractivity contribution in [3.05, 3.63) is 41.2 Å². The second-order valence-corrected chi connectivity index (χ2v) is 7.84. The molecule has 1 aromatic carbocycles. The van der Waals surface area contributed by atoms with Crippen LogP contribution in [0.5, 0.6) is 0 Å². The highest BCUT2D eigenvalue weighted by Gasteiger charge is 2.15. The number of nitrogens with two attached hydrogens (primary N) is 1. The number of sulfonamides is 1. The summed E-state index contributed by atoms with van der Waals surface area (Å²) in [6.07, 6.45) is 0.891. The van der Waals surface area contributed by atoms with Gasteiger partial charge in [-0.2, -0.15) is 5.10 Å². The Kier molecular flexibility index (Phi) is 6.92. The lowest BCUT2D eigenvalue weighted by atomic mass is 10.1. The van der Waals surface area contributed by atoms with Gasteiger partial charge in [-0.1, -0.05) is 0 Å². The van der Waals surface area contributed by atoms with Gasteiger partial charge in [0.2, 0.25) is 15.9 Å². The van der Waals surface area contributed by atoms with Crippen LogP contribution in [-0.2, 0) is 30.8 Å². The molecule has 0 bridgehead atoms. The van der Waals surface area contributed by atoms with E-state index in [1.807, 2.05) is 13.8 Å². The maximum absolute atomic E-state index is 12.0. The monoisotopic (exact) mass is 408 g/mol. The van der Waals surface area contributed by atoms with E-state index in [0.29, 0.717) is 12.1 Å². The van der Waals surface area contributed by atoms with Crippen molar-refractivity contribution in [2.45, 2.75) is 38.0 Å². The molecule has 0 saturated carbocycles. The highest BCUT2D eigenvalue weighted by molar-refractivity contribution is 7.89. The van der Waals surface area contributed by atoms with E-state index >= 15 is 0 Å². The van der Waals surface area contributed by atoms with Gasteiger partial charge in [-0.15, -0.1) is 0 Å². The summed E-state index contributed by atoms with van der Waals surface area (Å²) in [7, 11) is -2.45. The first kappa shape index (κ1) is 21.6. The number of hydrogen-bond acceptors (Lipinski definition) is 6. The van der Waals surface area contributed by atoms with E-state index in [9.17, 15) is 18.0 Å². The van der Waals surface area contributed by atoms with Gasteiger partial charge in [0.25, 0.3) is 0 Å². The fourth-order valence-electron chi connectivity index (χ4n) is 2.80. The van der Waals surface area contributed by atoms with E-state index in [1.54, 1.807) is 16.8 Å². The molecule has 2 rings (SSSR count). The molecule has 152 valence electrons. The zero-order valence-electron chi connectivity index (χ0n) is 16.1. The molecule has 1 heterocycles. The average Bonchev–Trinajstić information content (AvgIpc) is 2.93. The van der Waals surface area contributed by atoms with E-state index in [1.165, 1.54) is 19.2 Å². The summed E-state index contributed by atoms with van der Waals surface area (Å²) in [5.74, 6) is -0.533. The smallest absolute Gasteiger partial charge is 0.307 e. The van der Waals surface area contributed by atoms with Crippen molar-refractivity contribution in [2.75, 3.05) is 13.7 Å². The molecule has 0 saturated heterocycles. The number of carbonyl (C=O) groups is 2. The molecular weight excluding hydrogens is 384 g/mol. The minimum atomic E-state index is -3.75. The largest absolute Gasteiger partial charge is 0.469 e. The van der Waals surface area contributed by atoms with Crippen molar-refractivity contribution in [3.63, 3.8) is 0 Å². The molecule has 0 fully saturated rings. The number of nitrogens with zero attached hydrogens (tertiary/aromatic N) is 2. The number of ether oxygens (including phenoxy) is 1. The van der Waals surface area contributed by atoms with Crippen LogP contribution in [0.4, 0.5) is 0 Å². The Hall–Kier alpha value is -2.72. The number of esters is 1. The summed E-state index contributed by atoms with van der Waals surface area (Å²) >= 11 is 0. The van der Waals surface area contributed by atoms with Gasteiger partial charge in [0, 0.05) is 18.7 Å². The van der Waals surface area contributed by atoms with Crippen LogP contribution in [0.3, 0.4) is 0 Å². The van der Waals surface area contributed by atoms with E-state index < -0.39 is 10.0 Å². The van der Waals surface area contributed by atoms with Crippen LogP contribution < -0.4 is 10.5 Å². The number of aromatic nitrogens is 2. The summed E-state index contributed by atoms with van der Waals surface area (Å²) in [4.78, 5) is 23.0. The van der Waals surface area contributed by atoms with Crippen LogP contribution in [0.2, 0.25) is 0 Å². The van der Waals surface area contributed by atoms with Crippen molar-refractivity contribution in [1.29, 1.82) is 0 Å². The minimum Gasteiger partial charge on any atom is -0.469 e. The van der Waals surface area contributed by atoms with Crippen molar-refractivity contribution < 1.29 is 22.7 Å². The summed E-state index contributed by atoms with van der Waals surface area (Å²) < 4.78 is 29.0. The molecule has 1 aromatic heterocycles. The SMILES string of the molecule is COC(=O)CCNC(=O)CCc1c(C)nn(-c2ccc(S(N)(=O)=O)cc2)c1C. The number of benzene rings is 1. The number of nitrogens with one attached hydrogen (secondary N) is 1. The molecule has 0 aliphatic heterocycles. The molecule has 0 radical (unpaired) electrons. The molecular formula is C18H24N4O5S. The Balaban J connectivity index is 2.05. The van der Waals surface area contributed by atoms with Gasteiger partial charge in [-0.05, 0) is 50.1 Å². The number of hydrogen-bond donors (Lipinski definition) is 2. The van der Waals surface area contributed by atoms with E-state index in [2.05, 4.69) is 15.2 Å². The molecule has 0 unspecified atom stereocenters. The van der Waals surface area contributed by atoms with Gasteiger partial charge in [-0.3, -0.25) is 9.59 Å². The zero-order valence-corrected chi connectivity index (χ0v) is 16.9. The van der Waals surface area contributed by atoms with Gasteiger partial charge in [0.15, 0.2) is 0 Å². The number of amides is 1. The maximum atomic E-state index is 12.0. The molecule has 0 aliphatic rings. The zero-order chi connectivity index (χ0) is 20.9. The molecule has 0 atom stereocenters. The van der Waals surface area contributed by atoms with Crippen molar-refractivity contribution in [3.8, 4) is 5.69 Å². The Morgan fingerprint density at radius 3 is 2.39 bits per heavy atom. The molecule has 28 heavy (non-hydrogen) atoms. The molecule has 10 heteroatoms. The number of aryl methyl sites for hydroxylation is 1. The van der Waals surface area contributed by atoms with Crippen molar-refractivity contribution in [1.82, 2.24) is 15.1 Å². The number of carbonyl (C=O) groups excluding carboxylic acids is 2. The highest BCUT2D eigenvalue weighted by atomic mass is 32.2. The highest BCUT2D eigenvalue weighted by Crippen LogP contribution is 2.20. The summed E-state index contributed by atoms with van der Waals surface area (Å²) in [6.45, 7) is 3.98. The molecule has 3 N–H and O–H groups in total. The fraction of sp³-hybridized carbons (Fsp3) is 0.389. The predicted molar refractivity (Wildman–Crippen MR) is 102 cm³/mol. The summed E-state index contributed by atoms with van der Waals surface area (Å²) in [5.41, 5.74) is 3.29. The predicted octanol–water partition coefficient (Wildman–Crippen LogP) is 0.748. The van der Waals surface area contributed by atoms with Gasteiger partial charge in [0.05, 0.1) is 29.8 Å². The van der Waals surface area contributed by atoms with Crippen molar-refractivity contribution >= 4 is 21.9 Å². The molecule has 2 aromatic rings. The van der Waals surface area contributed by atoms with Crippen molar-refractivity contribution in [2.24, 2.45) is 5.14 Å². The third-order valence-corrected chi connectivity index (χ3v) is 5.26. The van der Waals surface area contributed by atoms with E-state index in [4.69, 9.17) is 5.14 Å². The topological polar surface area (TPSA) is 133 Å². The van der Waals surface area contributed by atoms with Crippen LogP contribution in [0.25, 0.3) is 5.69 Å². The van der Waals surface area contributed by atoms with Crippen LogP contribution in [-0.4, -0.2) is 43.7 Å². The molecule has 1 amide bonds. The third kappa shape index (κ3) is 5.40. The van der Waals surface area contributed by atoms with E-state index in [0.717, 1.165) is 17.0 Å². The maximum Gasteiger partial charge on any atom is 0.307 e. The second kappa shape index (κ2) is 8.98. The van der Waals surface area contributed by atoms with E-state index in [-0.39, 0.29) is 36.2 Å². The second-order valence-electron chi connectivity index (χ2n) is 6.28. The third-order valence-electron chi connectivity index (χ3n) is 4.33. The van der Waals surface area contributed by atoms with Crippen LogP contribution in [0.1, 0.15) is 29.8 Å². The minimum absolute atomic E-state index is 0.0293. The Morgan fingerprint density at radius 2 is 1.82 bits per heavy atom. The summed E-state index contributed by atoms with van der Waals surface area (Å²) in [5, 5.41) is 12.3. The van der Waals surface area contributed by atoms with Gasteiger partial charge >= 0.3 is 5.97 Å². The molecule has 0 spiro atoms. The normalized spacial score (nSPS) is 11.3. The molecule has 0 aliphatic carbocycles. The standard InChI is InChI=1S/C18H24N4O5S/c1-12-16(8-9-17(23)20-11-10-18(24)27-3)13(2)22(21-12)14-4-6-15(7-5-14)28(19,25)26/h4-7H,8-11H2,1-3H3,(H,20,23)(H2,19,25,26). The number of methoxy groups -OCH3 is 1. The first-order valence-electron chi connectivity index (χ1n) is 8.65. The quantitative estimate of drug-likeness (QED) is 0.619. The first-order chi connectivity index (χ1) is 13.1. The fourth-order valence-corrected chi connectivity index (χ4v) is 3.31. The summed E-state index contributed by atoms with van der Waals surface area (Å²) in [6, 6.07) is 6.11. The molecule has 9 nitrogen and oxygen atoms in total. The number of primary sulfonamides is 1. The average molecular weight is 408 g/mol. The van der Waals surface area contributed by atoms with Gasteiger partial charge < -0.3 is 10.1 Å². The number of rotatable bonds is 8. The Bertz CT molecular complexity index is 965. The lowest BCUT2D eigenvalue weighted by molar-refractivity contribution is -0.140.